The molecule has 0 aliphatic carbocycles. The average Bonchev–Trinajstić information content (AvgIpc) is 2.74. The fraction of sp³-hybridized carbons (Fsp3) is 0.429. The van der Waals surface area contributed by atoms with Crippen LogP contribution in [0, 0.1) is 6.92 Å². The summed E-state index contributed by atoms with van der Waals surface area (Å²) in [7, 11) is 3.97. The Bertz CT molecular complexity index is 635. The third-order valence-electron chi connectivity index (χ3n) is 3.48. The lowest BCUT2D eigenvalue weighted by atomic mass is 10.2. The highest BCUT2D eigenvalue weighted by atomic mass is 32.1. The van der Waals surface area contributed by atoms with Crippen molar-refractivity contribution < 1.29 is 4.79 Å². The molecule has 5 nitrogen and oxygen atoms in total. The van der Waals surface area contributed by atoms with Gasteiger partial charge >= 0.3 is 0 Å². The third kappa shape index (κ3) is 2.76. The van der Waals surface area contributed by atoms with Gasteiger partial charge in [0, 0.05) is 24.2 Å². The van der Waals surface area contributed by atoms with Crippen molar-refractivity contribution in [1.82, 2.24) is 15.2 Å². The number of pyridine rings is 1. The molecule has 0 aliphatic heterocycles. The van der Waals surface area contributed by atoms with Crippen LogP contribution >= 0.6 is 11.3 Å². The van der Waals surface area contributed by atoms with E-state index in [1.165, 1.54) is 11.3 Å². The summed E-state index contributed by atoms with van der Waals surface area (Å²) in [5, 5.41) is 3.82. The topological polar surface area (TPSA) is 71.2 Å². The number of nitrogens with two attached hydrogens (primary N) is 1. The lowest BCUT2D eigenvalue weighted by Gasteiger charge is -2.19. The number of anilines is 1. The molecule has 20 heavy (non-hydrogen) atoms. The number of hydrogen-bond donors (Lipinski definition) is 2. The van der Waals surface area contributed by atoms with E-state index in [9.17, 15) is 4.79 Å². The van der Waals surface area contributed by atoms with E-state index < -0.39 is 0 Å². The van der Waals surface area contributed by atoms with Gasteiger partial charge in [0.05, 0.1) is 5.69 Å². The van der Waals surface area contributed by atoms with Crippen LogP contribution in [0.5, 0.6) is 0 Å². The molecule has 0 spiro atoms. The molecule has 0 saturated heterocycles. The minimum Gasteiger partial charge on any atom is -0.397 e. The molecule has 2 aromatic rings. The van der Waals surface area contributed by atoms with Crippen molar-refractivity contribution >= 4 is 33.1 Å². The summed E-state index contributed by atoms with van der Waals surface area (Å²) in [6, 6.07) is 2.18. The van der Waals surface area contributed by atoms with Crippen molar-refractivity contribution in [3.05, 3.63) is 22.7 Å². The lowest BCUT2D eigenvalue weighted by Crippen LogP contribution is -2.38. The summed E-state index contributed by atoms with van der Waals surface area (Å²) in [5.74, 6) is -0.126. The predicted molar refractivity (Wildman–Crippen MR) is 84.3 cm³/mol. The van der Waals surface area contributed by atoms with Crippen LogP contribution < -0.4 is 11.1 Å². The highest BCUT2D eigenvalue weighted by molar-refractivity contribution is 7.21. The number of thiophene rings is 1. The van der Waals surface area contributed by atoms with Crippen LogP contribution in [0.15, 0.2) is 12.3 Å². The van der Waals surface area contributed by atoms with Gasteiger partial charge in [-0.05, 0) is 39.6 Å². The summed E-state index contributed by atoms with van der Waals surface area (Å²) in [6.07, 6.45) is 1.74. The summed E-state index contributed by atoms with van der Waals surface area (Å²) in [6.45, 7) is 4.62. The number of nitrogen functional groups attached to an aromatic ring is 1. The molecule has 1 amide bonds. The van der Waals surface area contributed by atoms with Crippen LogP contribution in [-0.2, 0) is 0 Å². The normalized spacial score (nSPS) is 12.8. The van der Waals surface area contributed by atoms with Crippen LogP contribution in [0.3, 0.4) is 0 Å². The van der Waals surface area contributed by atoms with E-state index in [2.05, 4.69) is 22.1 Å². The average molecular weight is 292 g/mol. The minimum atomic E-state index is -0.126. The maximum Gasteiger partial charge on any atom is 0.263 e. The number of amides is 1. The lowest BCUT2D eigenvalue weighted by molar-refractivity contribution is 0.0948. The molecule has 0 fully saturated rings. The summed E-state index contributed by atoms with van der Waals surface area (Å²) in [5.41, 5.74) is 7.68. The summed E-state index contributed by atoms with van der Waals surface area (Å²) in [4.78, 5) is 19.9. The van der Waals surface area contributed by atoms with Gasteiger partial charge in [0.2, 0.25) is 0 Å². The van der Waals surface area contributed by atoms with Crippen LogP contribution in [0.4, 0.5) is 5.69 Å². The number of carbonyl (C=O) groups is 1. The maximum atomic E-state index is 12.2. The van der Waals surface area contributed by atoms with E-state index in [1.807, 2.05) is 27.1 Å². The quantitative estimate of drug-likeness (QED) is 0.902. The van der Waals surface area contributed by atoms with Crippen LogP contribution in [0.25, 0.3) is 10.2 Å². The molecule has 0 saturated carbocycles. The zero-order valence-electron chi connectivity index (χ0n) is 12.2. The van der Waals surface area contributed by atoms with Gasteiger partial charge in [-0.2, -0.15) is 0 Å². The fourth-order valence-electron chi connectivity index (χ4n) is 1.88. The first kappa shape index (κ1) is 14.7. The number of likely N-dealkylation sites (N-methyl/N-ethyl adjacent to an activating group) is 1. The maximum absolute atomic E-state index is 12.2. The van der Waals surface area contributed by atoms with Crippen molar-refractivity contribution in [3.63, 3.8) is 0 Å². The Morgan fingerprint density at radius 2 is 2.25 bits per heavy atom. The SMILES string of the molecule is Cc1ccnc2sc(C(=O)NCC(C)N(C)C)c(N)c12. The first-order valence-corrected chi connectivity index (χ1v) is 7.31. The van der Waals surface area contributed by atoms with Crippen molar-refractivity contribution in [1.29, 1.82) is 0 Å². The molecule has 0 bridgehead atoms. The molecule has 2 rings (SSSR count). The van der Waals surface area contributed by atoms with E-state index in [0.29, 0.717) is 17.1 Å². The van der Waals surface area contributed by atoms with Crippen molar-refractivity contribution in [2.75, 3.05) is 26.4 Å². The number of fused-ring (bicyclic) bond motifs is 1. The van der Waals surface area contributed by atoms with E-state index in [-0.39, 0.29) is 11.9 Å². The molecule has 0 radical (unpaired) electrons. The fourth-order valence-corrected chi connectivity index (χ4v) is 2.93. The van der Waals surface area contributed by atoms with Gasteiger partial charge in [-0.3, -0.25) is 4.79 Å². The smallest absolute Gasteiger partial charge is 0.263 e. The molecule has 1 atom stereocenters. The molecular formula is C14H20N4OS. The monoisotopic (exact) mass is 292 g/mol. The second-order valence-corrected chi connectivity index (χ2v) is 6.17. The van der Waals surface area contributed by atoms with Gasteiger partial charge in [0.15, 0.2) is 0 Å². The number of nitrogens with zero attached hydrogens (tertiary/aromatic N) is 2. The molecule has 108 valence electrons. The number of aryl methyl sites for hydroxylation is 1. The zero-order valence-corrected chi connectivity index (χ0v) is 13.0. The second kappa shape index (κ2) is 5.76. The molecule has 2 aromatic heterocycles. The van der Waals surface area contributed by atoms with Gasteiger partial charge in [-0.25, -0.2) is 4.98 Å². The third-order valence-corrected chi connectivity index (χ3v) is 4.60. The Morgan fingerprint density at radius 1 is 1.55 bits per heavy atom. The molecule has 1 unspecified atom stereocenters. The molecule has 0 aliphatic rings. The Balaban J connectivity index is 2.23. The van der Waals surface area contributed by atoms with Crippen LogP contribution in [-0.4, -0.2) is 42.5 Å². The van der Waals surface area contributed by atoms with Crippen molar-refractivity contribution in [3.8, 4) is 0 Å². The Labute approximate surface area is 122 Å². The first-order chi connectivity index (χ1) is 9.41. The number of hydrogen-bond acceptors (Lipinski definition) is 5. The number of rotatable bonds is 4. The Kier molecular flexibility index (Phi) is 4.25. The largest absolute Gasteiger partial charge is 0.397 e. The minimum absolute atomic E-state index is 0.126. The van der Waals surface area contributed by atoms with Gasteiger partial charge in [0.1, 0.15) is 9.71 Å². The van der Waals surface area contributed by atoms with E-state index in [1.54, 1.807) is 6.20 Å². The predicted octanol–water partition coefficient (Wildman–Crippen LogP) is 1.87. The second-order valence-electron chi connectivity index (χ2n) is 5.18. The Hall–Kier alpha value is -1.66. The number of aromatic nitrogens is 1. The summed E-state index contributed by atoms with van der Waals surface area (Å²) < 4.78 is 0. The molecular weight excluding hydrogens is 272 g/mol. The standard InChI is InChI=1S/C14H20N4OS/c1-8-5-6-16-14-10(8)11(15)12(20-14)13(19)17-7-9(2)18(3)4/h5-6,9H,7,15H2,1-4H3,(H,17,19). The van der Waals surface area contributed by atoms with Gasteiger partial charge in [-0.15, -0.1) is 11.3 Å². The summed E-state index contributed by atoms with van der Waals surface area (Å²) >= 11 is 1.34. The molecule has 6 heteroatoms. The highest BCUT2D eigenvalue weighted by Gasteiger charge is 2.18. The number of carbonyl (C=O) groups excluding carboxylic acids is 1. The number of nitrogens with one attached hydrogen (secondary N) is 1. The van der Waals surface area contributed by atoms with Gasteiger partial charge < -0.3 is 16.0 Å². The van der Waals surface area contributed by atoms with E-state index in [4.69, 9.17) is 5.73 Å². The zero-order chi connectivity index (χ0) is 14.9. The van der Waals surface area contributed by atoms with E-state index >= 15 is 0 Å². The highest BCUT2D eigenvalue weighted by Crippen LogP contribution is 2.34. The van der Waals surface area contributed by atoms with Gasteiger partial charge in [0.25, 0.3) is 5.91 Å². The van der Waals surface area contributed by atoms with Gasteiger partial charge in [-0.1, -0.05) is 0 Å². The first-order valence-electron chi connectivity index (χ1n) is 6.50. The van der Waals surface area contributed by atoms with Crippen LogP contribution in [0.2, 0.25) is 0 Å². The van der Waals surface area contributed by atoms with E-state index in [0.717, 1.165) is 15.8 Å². The molecule has 3 N–H and O–H groups in total. The van der Waals surface area contributed by atoms with Crippen LogP contribution in [0.1, 0.15) is 22.2 Å². The van der Waals surface area contributed by atoms with Crippen molar-refractivity contribution in [2.45, 2.75) is 19.9 Å². The van der Waals surface area contributed by atoms with Crippen molar-refractivity contribution in [2.24, 2.45) is 0 Å². The Morgan fingerprint density at radius 3 is 2.85 bits per heavy atom. The molecule has 2 heterocycles. The molecule has 0 aromatic carbocycles.